The van der Waals surface area contributed by atoms with E-state index in [9.17, 15) is 14.4 Å². The third-order valence-corrected chi connectivity index (χ3v) is 7.29. The lowest BCUT2D eigenvalue weighted by Gasteiger charge is -2.35. The van der Waals surface area contributed by atoms with Crippen LogP contribution < -0.4 is 5.32 Å². The van der Waals surface area contributed by atoms with E-state index in [2.05, 4.69) is 11.4 Å². The molecule has 0 bridgehead atoms. The first kappa shape index (κ1) is 24.1. The number of rotatable bonds is 5. The first-order valence-electron chi connectivity index (χ1n) is 12.5. The lowest BCUT2D eigenvalue weighted by atomic mass is 9.91. The number of urea groups is 1. The Labute approximate surface area is 211 Å². The number of likely N-dealkylation sites (N-methyl/N-ethyl adjacent to an activating group) is 1. The van der Waals surface area contributed by atoms with Gasteiger partial charge in [0.15, 0.2) is 0 Å². The smallest absolute Gasteiger partial charge is 0.322 e. The summed E-state index contributed by atoms with van der Waals surface area (Å²) in [5.74, 6) is -0.341. The van der Waals surface area contributed by atoms with Gasteiger partial charge in [0.25, 0.3) is 5.91 Å². The number of carbonyl (C=O) groups is 3. The average molecular weight is 489 g/mol. The second-order valence-corrected chi connectivity index (χ2v) is 9.53. The summed E-state index contributed by atoms with van der Waals surface area (Å²) in [4.78, 5) is 46.2. The Balaban J connectivity index is 1.57. The quantitative estimate of drug-likeness (QED) is 0.701. The van der Waals surface area contributed by atoms with Crippen molar-refractivity contribution in [2.45, 2.75) is 32.9 Å². The summed E-state index contributed by atoms with van der Waals surface area (Å²) >= 11 is 0. The van der Waals surface area contributed by atoms with Crippen LogP contribution >= 0.6 is 0 Å². The van der Waals surface area contributed by atoms with Gasteiger partial charge in [-0.25, -0.2) is 4.79 Å². The topological polar surface area (TPSA) is 82.2 Å². The number of ether oxygens (including phenoxy) is 1. The normalized spacial score (nSPS) is 21.0. The Morgan fingerprint density at radius 2 is 1.81 bits per heavy atom. The van der Waals surface area contributed by atoms with Gasteiger partial charge >= 0.3 is 6.03 Å². The second kappa shape index (κ2) is 9.78. The molecule has 2 unspecified atom stereocenters. The van der Waals surface area contributed by atoms with Gasteiger partial charge in [0.05, 0.1) is 37.1 Å². The van der Waals surface area contributed by atoms with E-state index in [1.165, 1.54) is 0 Å². The first-order chi connectivity index (χ1) is 17.4. The molecule has 5 rings (SSSR count). The summed E-state index contributed by atoms with van der Waals surface area (Å²) in [5.41, 5.74) is 4.98. The maximum Gasteiger partial charge on any atom is 0.322 e. The largest absolute Gasteiger partial charge is 0.378 e. The van der Waals surface area contributed by atoms with Crippen molar-refractivity contribution in [1.82, 2.24) is 20.0 Å². The van der Waals surface area contributed by atoms with Crippen LogP contribution in [0, 0.1) is 13.8 Å². The van der Waals surface area contributed by atoms with Gasteiger partial charge in [0.1, 0.15) is 6.04 Å². The van der Waals surface area contributed by atoms with E-state index < -0.39 is 12.1 Å². The van der Waals surface area contributed by atoms with Gasteiger partial charge in [-0.05, 0) is 37.5 Å². The number of amides is 4. The molecule has 0 aromatic heterocycles. The lowest BCUT2D eigenvalue weighted by molar-refractivity contribution is -0.146. The maximum absolute atomic E-state index is 14.2. The molecule has 2 aromatic rings. The summed E-state index contributed by atoms with van der Waals surface area (Å²) in [5, 5.41) is 3.06. The molecule has 1 N–H and O–H groups in total. The van der Waals surface area contributed by atoms with Gasteiger partial charge < -0.3 is 19.9 Å². The van der Waals surface area contributed by atoms with Crippen LogP contribution in [0.3, 0.4) is 0 Å². The van der Waals surface area contributed by atoms with E-state index in [-0.39, 0.29) is 24.4 Å². The van der Waals surface area contributed by atoms with E-state index in [0.29, 0.717) is 44.1 Å². The zero-order valence-corrected chi connectivity index (χ0v) is 21.0. The highest BCUT2D eigenvalue weighted by molar-refractivity contribution is 6.04. The van der Waals surface area contributed by atoms with Crippen molar-refractivity contribution < 1.29 is 19.1 Å². The van der Waals surface area contributed by atoms with Crippen molar-refractivity contribution in [2.24, 2.45) is 0 Å². The minimum atomic E-state index is -0.782. The fourth-order valence-corrected chi connectivity index (χ4v) is 5.49. The molecule has 8 heteroatoms. The first-order valence-corrected chi connectivity index (χ1v) is 12.5. The highest BCUT2D eigenvalue weighted by Crippen LogP contribution is 2.40. The Morgan fingerprint density at radius 3 is 2.47 bits per heavy atom. The fourth-order valence-electron chi connectivity index (χ4n) is 5.49. The summed E-state index contributed by atoms with van der Waals surface area (Å²) in [6, 6.07) is 13.9. The zero-order valence-electron chi connectivity index (χ0n) is 21.0. The van der Waals surface area contributed by atoms with Crippen LogP contribution in [0.1, 0.15) is 41.3 Å². The summed E-state index contributed by atoms with van der Waals surface area (Å²) in [6.07, 6.45) is 0. The van der Waals surface area contributed by atoms with Crippen molar-refractivity contribution >= 4 is 17.8 Å². The van der Waals surface area contributed by atoms with Gasteiger partial charge in [-0.1, -0.05) is 54.1 Å². The molecule has 3 aliphatic rings. The third-order valence-electron chi connectivity index (χ3n) is 7.29. The molecule has 0 aliphatic carbocycles. The molecule has 2 aromatic carbocycles. The fraction of sp³-hybridized carbons (Fsp3) is 0.393. The number of hydrogen-bond acceptors (Lipinski definition) is 4. The lowest BCUT2D eigenvalue weighted by Crippen LogP contribution is -2.48. The van der Waals surface area contributed by atoms with Crippen molar-refractivity contribution in [3.05, 3.63) is 82.1 Å². The molecule has 3 aliphatic heterocycles. The Morgan fingerprint density at radius 1 is 1.08 bits per heavy atom. The Kier molecular flexibility index (Phi) is 6.53. The van der Waals surface area contributed by atoms with E-state index in [1.54, 1.807) is 14.7 Å². The molecule has 3 heterocycles. The monoisotopic (exact) mass is 488 g/mol. The molecule has 1 fully saturated rings. The van der Waals surface area contributed by atoms with Crippen LogP contribution in [0.2, 0.25) is 0 Å². The predicted molar refractivity (Wildman–Crippen MR) is 135 cm³/mol. The molecule has 0 saturated carbocycles. The molecule has 8 nitrogen and oxygen atoms in total. The van der Waals surface area contributed by atoms with E-state index in [4.69, 9.17) is 4.74 Å². The number of nitrogens with one attached hydrogen (secondary N) is 1. The van der Waals surface area contributed by atoms with Crippen LogP contribution in [0.5, 0.6) is 0 Å². The number of hydrogen-bond donors (Lipinski definition) is 1. The Hall–Kier alpha value is -3.65. The minimum absolute atomic E-state index is 0.122. The van der Waals surface area contributed by atoms with Gasteiger partial charge in [-0.3, -0.25) is 14.5 Å². The highest BCUT2D eigenvalue weighted by Gasteiger charge is 2.48. The standard InChI is InChI=1S/C28H32N4O4/c1-4-31-22-17-32(25(20-8-6-5-7-9-20)27(34)30-12-14-36-15-13-30)26(33)23(22)24(29-28(31)35)21-11-10-18(2)16-19(21)3/h5-11,16,24-25H,4,12-15,17H2,1-3H3,(H,29,35). The van der Waals surface area contributed by atoms with E-state index in [0.717, 1.165) is 22.3 Å². The van der Waals surface area contributed by atoms with Gasteiger partial charge in [-0.15, -0.1) is 0 Å². The van der Waals surface area contributed by atoms with Crippen LogP contribution in [-0.2, 0) is 14.3 Å². The number of benzene rings is 2. The zero-order chi connectivity index (χ0) is 25.4. The summed E-state index contributed by atoms with van der Waals surface area (Å²) in [7, 11) is 0. The predicted octanol–water partition coefficient (Wildman–Crippen LogP) is 3.09. The van der Waals surface area contributed by atoms with Crippen molar-refractivity contribution in [1.29, 1.82) is 0 Å². The number of carbonyl (C=O) groups excluding carboxylic acids is 3. The molecular formula is C28H32N4O4. The van der Waals surface area contributed by atoms with Crippen LogP contribution in [0.15, 0.2) is 59.8 Å². The molecule has 4 amide bonds. The number of nitrogens with zero attached hydrogens (tertiary/aromatic N) is 3. The molecule has 1 saturated heterocycles. The van der Waals surface area contributed by atoms with E-state index in [1.807, 2.05) is 63.2 Å². The molecular weight excluding hydrogens is 456 g/mol. The van der Waals surface area contributed by atoms with Crippen LogP contribution in [0.4, 0.5) is 4.79 Å². The molecule has 0 radical (unpaired) electrons. The molecule has 36 heavy (non-hydrogen) atoms. The van der Waals surface area contributed by atoms with Crippen molar-refractivity contribution in [3.63, 3.8) is 0 Å². The van der Waals surface area contributed by atoms with Gasteiger partial charge in [0.2, 0.25) is 5.91 Å². The maximum atomic E-state index is 14.2. The minimum Gasteiger partial charge on any atom is -0.378 e. The summed E-state index contributed by atoms with van der Waals surface area (Å²) in [6.45, 7) is 8.47. The number of morpholine rings is 1. The summed E-state index contributed by atoms with van der Waals surface area (Å²) < 4.78 is 5.45. The van der Waals surface area contributed by atoms with E-state index >= 15 is 0 Å². The molecule has 2 atom stereocenters. The third kappa shape index (κ3) is 4.15. The van der Waals surface area contributed by atoms with Crippen LogP contribution in [0.25, 0.3) is 0 Å². The van der Waals surface area contributed by atoms with Gasteiger partial charge in [-0.2, -0.15) is 0 Å². The van der Waals surface area contributed by atoms with Gasteiger partial charge in [0, 0.05) is 19.6 Å². The van der Waals surface area contributed by atoms with Crippen molar-refractivity contribution in [2.75, 3.05) is 39.4 Å². The number of aryl methyl sites for hydroxylation is 2. The SMILES string of the molecule is CCN1C(=O)NC(c2ccc(C)cc2C)C2=C1CN(C(C(=O)N1CCOCC1)c1ccccc1)C2=O. The van der Waals surface area contributed by atoms with Crippen molar-refractivity contribution in [3.8, 4) is 0 Å². The second-order valence-electron chi connectivity index (χ2n) is 9.53. The molecule has 188 valence electrons. The highest BCUT2D eigenvalue weighted by atomic mass is 16.5. The van der Waals surface area contributed by atoms with Crippen LogP contribution in [-0.4, -0.2) is 71.9 Å². The average Bonchev–Trinajstić information content (AvgIpc) is 3.21. The molecule has 0 spiro atoms. The Bertz CT molecular complexity index is 1220.